The molecule has 0 amide bonds. The molecule has 0 aromatic carbocycles. The fourth-order valence-corrected chi connectivity index (χ4v) is 0.484. The van der Waals surface area contributed by atoms with Crippen LogP contribution in [-0.2, 0) is 0 Å². The molecule has 0 saturated carbocycles. The summed E-state index contributed by atoms with van der Waals surface area (Å²) in [5.74, 6) is 0.741. The molecule has 0 aliphatic heterocycles. The van der Waals surface area contributed by atoms with Crippen molar-refractivity contribution in [1.82, 2.24) is 15.2 Å². The first-order valence-electron chi connectivity index (χ1n) is 1.83. The van der Waals surface area contributed by atoms with Gasteiger partial charge in [0.25, 0.3) is 0 Å². The molecule has 0 saturated heterocycles. The molecule has 1 aromatic rings. The Kier molecular flexibility index (Phi) is 2.48. The van der Waals surface area contributed by atoms with Crippen molar-refractivity contribution >= 4 is 11.6 Å². The summed E-state index contributed by atoms with van der Waals surface area (Å²) in [7, 11) is 0. The monoisotopic (exact) mass is 133 g/mol. The third-order valence-corrected chi connectivity index (χ3v) is 0.739. The molecule has 46 valence electrons. The van der Waals surface area contributed by atoms with Crippen LogP contribution in [0.15, 0.2) is 0 Å². The van der Waals surface area contributed by atoms with Crippen molar-refractivity contribution in [3.8, 4) is 0 Å². The van der Waals surface area contributed by atoms with Gasteiger partial charge >= 0.3 is 0 Å². The SMILES string of the molecule is C.Cc1nc(Cl)n[nH]1. The molecule has 4 heteroatoms. The van der Waals surface area contributed by atoms with Crippen molar-refractivity contribution in [2.75, 3.05) is 0 Å². The molecule has 0 aliphatic carbocycles. The highest BCUT2D eigenvalue weighted by Gasteiger charge is 1.88. The molecule has 8 heavy (non-hydrogen) atoms. The first kappa shape index (κ1) is 7.43. The van der Waals surface area contributed by atoms with Crippen LogP contribution in [-0.4, -0.2) is 15.2 Å². The summed E-state index contributed by atoms with van der Waals surface area (Å²) in [6, 6.07) is 0. The number of nitrogens with zero attached hydrogens (tertiary/aromatic N) is 2. The van der Waals surface area contributed by atoms with Crippen molar-refractivity contribution < 1.29 is 0 Å². The minimum atomic E-state index is 0. The zero-order chi connectivity index (χ0) is 5.28. The molecule has 0 radical (unpaired) electrons. The van der Waals surface area contributed by atoms with Crippen molar-refractivity contribution in [3.63, 3.8) is 0 Å². The average molecular weight is 134 g/mol. The fourth-order valence-electron chi connectivity index (χ4n) is 0.315. The Hall–Kier alpha value is -0.570. The summed E-state index contributed by atoms with van der Waals surface area (Å²) in [4.78, 5) is 3.71. The van der Waals surface area contributed by atoms with Crippen LogP contribution in [0.25, 0.3) is 0 Å². The number of H-pyrrole nitrogens is 1. The van der Waals surface area contributed by atoms with Gasteiger partial charge in [-0.1, -0.05) is 7.43 Å². The molecule has 0 spiro atoms. The molecule has 0 atom stereocenters. The highest BCUT2D eigenvalue weighted by atomic mass is 35.5. The quantitative estimate of drug-likeness (QED) is 0.581. The van der Waals surface area contributed by atoms with Crippen molar-refractivity contribution in [1.29, 1.82) is 0 Å². The molecule has 0 bridgehead atoms. The van der Waals surface area contributed by atoms with Gasteiger partial charge < -0.3 is 0 Å². The Labute approximate surface area is 53.1 Å². The Balaban J connectivity index is 0.000000490. The van der Waals surface area contributed by atoms with Gasteiger partial charge in [0.05, 0.1) is 0 Å². The number of nitrogens with one attached hydrogen (secondary N) is 1. The van der Waals surface area contributed by atoms with Crippen LogP contribution in [0.1, 0.15) is 13.3 Å². The van der Waals surface area contributed by atoms with Crippen LogP contribution in [0.3, 0.4) is 0 Å². The first-order chi connectivity index (χ1) is 3.29. The van der Waals surface area contributed by atoms with Gasteiger partial charge in [0, 0.05) is 0 Å². The standard InChI is InChI=1S/C3H4ClN3.CH4/c1-2-5-3(4)7-6-2;/h1H3,(H,5,6,7);1H4. The van der Waals surface area contributed by atoms with E-state index in [1.165, 1.54) is 0 Å². The predicted octanol–water partition coefficient (Wildman–Crippen LogP) is 1.40. The van der Waals surface area contributed by atoms with E-state index >= 15 is 0 Å². The summed E-state index contributed by atoms with van der Waals surface area (Å²) >= 11 is 5.31. The van der Waals surface area contributed by atoms with Gasteiger partial charge in [-0.2, -0.15) is 0 Å². The van der Waals surface area contributed by atoms with Gasteiger partial charge in [-0.3, -0.25) is 5.10 Å². The van der Waals surface area contributed by atoms with Gasteiger partial charge in [0.1, 0.15) is 5.82 Å². The summed E-state index contributed by atoms with van der Waals surface area (Å²) in [5, 5.41) is 6.40. The molecule has 1 heterocycles. The third kappa shape index (κ3) is 1.50. The average Bonchev–Trinajstić information content (AvgIpc) is 1.87. The van der Waals surface area contributed by atoms with Crippen LogP contribution in [0.2, 0.25) is 5.28 Å². The van der Waals surface area contributed by atoms with Gasteiger partial charge in [-0.25, -0.2) is 4.98 Å². The highest BCUT2D eigenvalue weighted by molar-refractivity contribution is 6.28. The van der Waals surface area contributed by atoms with E-state index in [1.54, 1.807) is 6.92 Å². The number of halogens is 1. The minimum Gasteiger partial charge on any atom is -0.262 e. The molecular formula is C4H8ClN3. The number of aryl methyl sites for hydroxylation is 1. The first-order valence-corrected chi connectivity index (χ1v) is 2.21. The van der Waals surface area contributed by atoms with Crippen LogP contribution < -0.4 is 0 Å². The third-order valence-electron chi connectivity index (χ3n) is 0.570. The number of hydrogen-bond acceptors (Lipinski definition) is 2. The van der Waals surface area contributed by atoms with Crippen molar-refractivity contribution in [3.05, 3.63) is 11.1 Å². The lowest BCUT2D eigenvalue weighted by Gasteiger charge is -1.66. The van der Waals surface area contributed by atoms with E-state index in [2.05, 4.69) is 15.2 Å². The van der Waals surface area contributed by atoms with E-state index in [9.17, 15) is 0 Å². The maximum atomic E-state index is 5.31. The summed E-state index contributed by atoms with van der Waals surface area (Å²) < 4.78 is 0. The van der Waals surface area contributed by atoms with Gasteiger partial charge in [0.2, 0.25) is 5.28 Å². The summed E-state index contributed by atoms with van der Waals surface area (Å²) in [6.07, 6.45) is 0. The molecule has 1 aromatic heterocycles. The normalized spacial score (nSPS) is 8.25. The number of aromatic nitrogens is 3. The summed E-state index contributed by atoms with van der Waals surface area (Å²) in [6.45, 7) is 1.79. The smallest absolute Gasteiger partial charge is 0.242 e. The van der Waals surface area contributed by atoms with E-state index < -0.39 is 0 Å². The molecule has 1 N–H and O–H groups in total. The topological polar surface area (TPSA) is 41.6 Å². The second kappa shape index (κ2) is 2.67. The molecule has 3 nitrogen and oxygen atoms in total. The minimum absolute atomic E-state index is 0. The highest BCUT2D eigenvalue weighted by Crippen LogP contribution is 1.95. The van der Waals surface area contributed by atoms with Gasteiger partial charge in [-0.05, 0) is 18.5 Å². The molecule has 0 unspecified atom stereocenters. The lowest BCUT2D eigenvalue weighted by atomic mass is 10.8. The van der Waals surface area contributed by atoms with Gasteiger partial charge in [-0.15, -0.1) is 5.10 Å². The molecule has 0 aliphatic rings. The second-order valence-corrected chi connectivity index (χ2v) is 1.53. The number of aromatic amines is 1. The molecule has 0 fully saturated rings. The number of hydrogen-bond donors (Lipinski definition) is 1. The summed E-state index contributed by atoms with van der Waals surface area (Å²) in [5.41, 5.74) is 0. The van der Waals surface area contributed by atoms with Crippen molar-refractivity contribution in [2.45, 2.75) is 14.4 Å². The lowest BCUT2D eigenvalue weighted by molar-refractivity contribution is 1.04. The predicted molar refractivity (Wildman–Crippen MR) is 32.9 cm³/mol. The van der Waals surface area contributed by atoms with Crippen LogP contribution in [0, 0.1) is 6.92 Å². The largest absolute Gasteiger partial charge is 0.262 e. The van der Waals surface area contributed by atoms with Crippen LogP contribution in [0.5, 0.6) is 0 Å². The van der Waals surface area contributed by atoms with E-state index in [0.717, 1.165) is 5.82 Å². The lowest BCUT2D eigenvalue weighted by Crippen LogP contribution is -1.69. The van der Waals surface area contributed by atoms with E-state index in [-0.39, 0.29) is 12.7 Å². The Morgan fingerprint density at radius 1 is 1.62 bits per heavy atom. The molecular weight excluding hydrogens is 126 g/mol. The van der Waals surface area contributed by atoms with E-state index in [0.29, 0.717) is 0 Å². The fraction of sp³-hybridized carbons (Fsp3) is 0.500. The van der Waals surface area contributed by atoms with E-state index in [1.807, 2.05) is 0 Å². The molecule has 1 rings (SSSR count). The maximum absolute atomic E-state index is 5.31. The zero-order valence-electron chi connectivity index (χ0n) is 3.77. The zero-order valence-corrected chi connectivity index (χ0v) is 4.53. The van der Waals surface area contributed by atoms with Crippen LogP contribution in [0.4, 0.5) is 0 Å². The van der Waals surface area contributed by atoms with Crippen molar-refractivity contribution in [2.24, 2.45) is 0 Å². The Morgan fingerprint density at radius 2 is 2.25 bits per heavy atom. The van der Waals surface area contributed by atoms with Gasteiger partial charge in [0.15, 0.2) is 0 Å². The van der Waals surface area contributed by atoms with E-state index in [4.69, 9.17) is 11.6 Å². The van der Waals surface area contributed by atoms with Crippen LogP contribution >= 0.6 is 11.6 Å². The Bertz CT molecular complexity index is 144. The number of rotatable bonds is 0. The maximum Gasteiger partial charge on any atom is 0.242 e. The Morgan fingerprint density at radius 3 is 2.38 bits per heavy atom. The second-order valence-electron chi connectivity index (χ2n) is 1.19.